The van der Waals surface area contributed by atoms with E-state index in [4.69, 9.17) is 5.11 Å². The van der Waals surface area contributed by atoms with E-state index in [0.29, 0.717) is 0 Å². The number of para-hydroxylation sites is 2. The van der Waals surface area contributed by atoms with Gasteiger partial charge >= 0.3 is 5.13 Å². The second kappa shape index (κ2) is 10.7. The minimum Gasteiger partial charge on any atom is -0.726 e. The summed E-state index contributed by atoms with van der Waals surface area (Å²) in [5.41, 5.74) is 5.25. The standard InChI is InChI=1S/C24H19N4S.CH4O4S/c1-27-16-17-29-24(27)26-25-22-20-14-8-9-15-21(20)28(19-12-6-3-7-13-19)23(22)18-10-4-2-5-11-18;1-5-6(2,3)4/h2-17H,1H3;1H3,(H,2,3,4)/q+1;/p-1. The van der Waals surface area contributed by atoms with Gasteiger partial charge in [0.05, 0.1) is 30.5 Å². The van der Waals surface area contributed by atoms with E-state index in [0.717, 1.165) is 45.8 Å². The predicted octanol–water partition coefficient (Wildman–Crippen LogP) is 5.69. The van der Waals surface area contributed by atoms with Crippen LogP contribution in [0, 0.1) is 0 Å². The van der Waals surface area contributed by atoms with Gasteiger partial charge in [-0.3, -0.25) is 4.18 Å². The van der Waals surface area contributed by atoms with Crippen LogP contribution < -0.4 is 4.57 Å². The summed E-state index contributed by atoms with van der Waals surface area (Å²) in [6.45, 7) is 0. The highest BCUT2D eigenvalue weighted by molar-refractivity contribution is 7.80. The normalized spacial score (nSPS) is 11.5. The average Bonchev–Trinajstić information content (AvgIpc) is 3.44. The molecule has 2 heterocycles. The Bertz CT molecular complexity index is 1560. The summed E-state index contributed by atoms with van der Waals surface area (Å²) >= 11 is 1.57. The predicted molar refractivity (Wildman–Crippen MR) is 135 cm³/mol. The third-order valence-corrected chi connectivity index (χ3v) is 6.36. The SMILES string of the molecule is COS(=O)(=O)[O-].C[n+]1ccsc1N=Nc1c(-c2ccccc2)n(-c2ccccc2)c2ccccc12. The summed E-state index contributed by atoms with van der Waals surface area (Å²) in [7, 11) is -1.62. The first-order valence-electron chi connectivity index (χ1n) is 10.5. The molecule has 0 saturated heterocycles. The van der Waals surface area contributed by atoms with Crippen molar-refractivity contribution in [2.45, 2.75) is 0 Å². The van der Waals surface area contributed by atoms with Crippen molar-refractivity contribution in [1.82, 2.24) is 4.57 Å². The molecular formula is C25H22N4O4S2. The van der Waals surface area contributed by atoms with Crippen molar-refractivity contribution in [3.8, 4) is 16.9 Å². The molecule has 0 radical (unpaired) electrons. The van der Waals surface area contributed by atoms with Gasteiger partial charge in [-0.2, -0.15) is 0 Å². The zero-order valence-electron chi connectivity index (χ0n) is 19.0. The number of hydrogen-bond acceptors (Lipinski definition) is 7. The summed E-state index contributed by atoms with van der Waals surface area (Å²) in [5.74, 6) is 0. The fraction of sp³-hybridized carbons (Fsp3) is 0.0800. The smallest absolute Gasteiger partial charge is 0.408 e. The van der Waals surface area contributed by atoms with Gasteiger partial charge in [-0.05, 0) is 34.7 Å². The van der Waals surface area contributed by atoms with E-state index in [1.807, 2.05) is 35.3 Å². The molecule has 8 nitrogen and oxygen atoms in total. The molecule has 0 amide bonds. The highest BCUT2D eigenvalue weighted by Gasteiger charge is 2.21. The Morgan fingerprint density at radius 2 is 1.51 bits per heavy atom. The van der Waals surface area contributed by atoms with E-state index < -0.39 is 10.4 Å². The van der Waals surface area contributed by atoms with Crippen molar-refractivity contribution in [1.29, 1.82) is 0 Å². The van der Waals surface area contributed by atoms with E-state index in [2.05, 4.69) is 86.7 Å². The number of rotatable bonds is 5. The molecule has 2 aromatic heterocycles. The van der Waals surface area contributed by atoms with Crippen LogP contribution in [-0.2, 0) is 21.6 Å². The molecule has 35 heavy (non-hydrogen) atoms. The molecule has 0 saturated carbocycles. The number of azo groups is 1. The lowest BCUT2D eigenvalue weighted by Crippen LogP contribution is -2.23. The van der Waals surface area contributed by atoms with Crippen LogP contribution in [0.3, 0.4) is 0 Å². The highest BCUT2D eigenvalue weighted by Crippen LogP contribution is 2.42. The van der Waals surface area contributed by atoms with Crippen LogP contribution in [0.25, 0.3) is 27.8 Å². The van der Waals surface area contributed by atoms with Gasteiger partial charge in [0.25, 0.3) is 0 Å². The van der Waals surface area contributed by atoms with Gasteiger partial charge < -0.3 is 9.12 Å². The summed E-state index contributed by atoms with van der Waals surface area (Å²) in [4.78, 5) is 0. The lowest BCUT2D eigenvalue weighted by molar-refractivity contribution is -0.654. The van der Waals surface area contributed by atoms with Crippen LogP contribution in [0.4, 0.5) is 10.8 Å². The van der Waals surface area contributed by atoms with Gasteiger partial charge in [0.1, 0.15) is 11.9 Å². The Balaban J connectivity index is 0.000000431. The van der Waals surface area contributed by atoms with E-state index >= 15 is 0 Å². The second-order valence-electron chi connectivity index (χ2n) is 7.32. The Morgan fingerprint density at radius 3 is 2.11 bits per heavy atom. The molecule has 178 valence electrons. The zero-order chi connectivity index (χ0) is 24.8. The topological polar surface area (TPSA) is 100.0 Å². The summed E-state index contributed by atoms with van der Waals surface area (Å²) in [6, 6.07) is 29.2. The van der Waals surface area contributed by atoms with Gasteiger partial charge in [-0.15, -0.1) is 0 Å². The molecule has 5 rings (SSSR count). The van der Waals surface area contributed by atoms with Crippen LogP contribution in [0.5, 0.6) is 0 Å². The molecule has 5 aromatic rings. The van der Waals surface area contributed by atoms with Crippen LogP contribution in [0.15, 0.2) is 107 Å². The van der Waals surface area contributed by atoms with Crippen molar-refractivity contribution in [3.63, 3.8) is 0 Å². The maximum atomic E-state index is 9.22. The Kier molecular flexibility index (Phi) is 7.47. The third-order valence-electron chi connectivity index (χ3n) is 5.11. The number of hydrogen-bond donors (Lipinski definition) is 0. The molecule has 0 unspecified atom stereocenters. The number of aromatic nitrogens is 2. The number of nitrogens with zero attached hydrogens (tertiary/aromatic N) is 4. The van der Waals surface area contributed by atoms with Gasteiger partial charge in [-0.25, -0.2) is 13.0 Å². The van der Waals surface area contributed by atoms with Crippen molar-refractivity contribution in [3.05, 3.63) is 96.5 Å². The van der Waals surface area contributed by atoms with Gasteiger partial charge in [0, 0.05) is 22.0 Å². The van der Waals surface area contributed by atoms with Crippen molar-refractivity contribution in [2.75, 3.05) is 7.11 Å². The number of fused-ring (bicyclic) bond motifs is 1. The molecule has 0 spiro atoms. The maximum Gasteiger partial charge on any atom is 0.408 e. The first kappa shape index (κ1) is 24.4. The molecule has 0 fully saturated rings. The Morgan fingerprint density at radius 1 is 0.914 bits per heavy atom. The van der Waals surface area contributed by atoms with Gasteiger partial charge in [-0.1, -0.05) is 66.7 Å². The second-order valence-corrected chi connectivity index (χ2v) is 9.35. The van der Waals surface area contributed by atoms with E-state index in [-0.39, 0.29) is 0 Å². The Hall–Kier alpha value is -3.70. The van der Waals surface area contributed by atoms with Crippen LogP contribution in [-0.4, -0.2) is 24.6 Å². The summed E-state index contributed by atoms with van der Waals surface area (Å²) in [6.07, 6.45) is 1.99. The number of benzene rings is 3. The fourth-order valence-corrected chi connectivity index (χ4v) is 4.23. The largest absolute Gasteiger partial charge is 0.726 e. The van der Waals surface area contributed by atoms with E-state index in [1.54, 1.807) is 11.3 Å². The van der Waals surface area contributed by atoms with Crippen molar-refractivity contribution in [2.24, 2.45) is 17.3 Å². The molecule has 3 aromatic carbocycles. The zero-order valence-corrected chi connectivity index (χ0v) is 20.6. The Labute approximate surface area is 207 Å². The maximum absolute atomic E-state index is 9.22. The van der Waals surface area contributed by atoms with Gasteiger partial charge in [0.15, 0.2) is 0 Å². The monoisotopic (exact) mass is 506 g/mol. The number of thiazole rings is 1. The quantitative estimate of drug-likeness (QED) is 0.132. The van der Waals surface area contributed by atoms with Crippen LogP contribution in [0.2, 0.25) is 0 Å². The highest BCUT2D eigenvalue weighted by atomic mass is 32.3. The first-order chi connectivity index (χ1) is 16.9. The average molecular weight is 507 g/mol. The molecule has 0 aliphatic carbocycles. The molecule has 10 heteroatoms. The molecule has 0 N–H and O–H groups in total. The first-order valence-corrected chi connectivity index (χ1v) is 12.7. The van der Waals surface area contributed by atoms with E-state index in [9.17, 15) is 13.0 Å². The lowest BCUT2D eigenvalue weighted by atomic mass is 10.1. The molecular weight excluding hydrogens is 484 g/mol. The minimum atomic E-state index is -4.41. The van der Waals surface area contributed by atoms with Crippen LogP contribution >= 0.6 is 11.3 Å². The minimum absolute atomic E-state index is 0.808. The molecule has 0 aliphatic rings. The van der Waals surface area contributed by atoms with E-state index in [1.165, 1.54) is 0 Å². The molecule has 0 aliphatic heterocycles. The summed E-state index contributed by atoms with van der Waals surface area (Å²) < 4.78 is 35.3. The van der Waals surface area contributed by atoms with Gasteiger partial charge in [0.2, 0.25) is 10.4 Å². The molecule has 0 bridgehead atoms. The fourth-order valence-electron chi connectivity index (χ4n) is 3.55. The molecule has 0 atom stereocenters. The lowest BCUT2D eigenvalue weighted by Gasteiger charge is -2.11. The summed E-state index contributed by atoms with van der Waals surface area (Å²) in [5, 5.41) is 13.3. The van der Waals surface area contributed by atoms with Crippen LogP contribution in [0.1, 0.15) is 0 Å². The van der Waals surface area contributed by atoms with Crippen molar-refractivity contribution >= 4 is 43.5 Å². The third kappa shape index (κ3) is 5.69. The number of aryl methyl sites for hydroxylation is 1. The van der Waals surface area contributed by atoms with Crippen molar-refractivity contribution < 1.29 is 21.7 Å².